The average molecular weight is 148 g/mol. The van der Waals surface area contributed by atoms with E-state index in [0.29, 0.717) is 6.47 Å². The Morgan fingerprint density at radius 1 is 1.18 bits per heavy atom. The maximum Gasteiger partial charge on any atom is 0.297 e. The van der Waals surface area contributed by atoms with E-state index in [1.807, 2.05) is 30.3 Å². The van der Waals surface area contributed by atoms with Crippen LogP contribution < -0.4 is 0 Å². The summed E-state index contributed by atoms with van der Waals surface area (Å²) in [7, 11) is 0. The summed E-state index contributed by atoms with van der Waals surface area (Å²) >= 11 is 0. The van der Waals surface area contributed by atoms with Gasteiger partial charge in [-0.15, -0.1) is 0 Å². The van der Waals surface area contributed by atoms with Gasteiger partial charge in [-0.05, 0) is 11.6 Å². The molecule has 56 valence electrons. The Kier molecular flexibility index (Phi) is 2.93. The van der Waals surface area contributed by atoms with Crippen LogP contribution in [0.5, 0.6) is 0 Å². The molecule has 0 amide bonds. The summed E-state index contributed by atoms with van der Waals surface area (Å²) in [5, 5.41) is 0. The van der Waals surface area contributed by atoms with Crippen molar-refractivity contribution in [3.8, 4) is 0 Å². The highest BCUT2D eigenvalue weighted by Crippen LogP contribution is 1.99. The summed E-state index contributed by atoms with van der Waals surface area (Å²) in [6.45, 7) is 0.388. The van der Waals surface area contributed by atoms with Gasteiger partial charge in [0.15, 0.2) is 0 Å². The molecule has 1 aromatic rings. The van der Waals surface area contributed by atoms with Crippen molar-refractivity contribution in [2.75, 3.05) is 0 Å². The quantitative estimate of drug-likeness (QED) is 0.483. The van der Waals surface area contributed by atoms with E-state index in [1.54, 1.807) is 6.08 Å². The van der Waals surface area contributed by atoms with E-state index in [-0.39, 0.29) is 0 Å². The molecule has 0 radical (unpaired) electrons. The zero-order valence-electron chi connectivity index (χ0n) is 5.94. The molecule has 0 saturated heterocycles. The fourth-order valence-electron chi connectivity index (χ4n) is 0.714. The van der Waals surface area contributed by atoms with Crippen molar-refractivity contribution in [1.82, 2.24) is 0 Å². The van der Waals surface area contributed by atoms with Gasteiger partial charge in [0.2, 0.25) is 0 Å². The molecule has 0 aromatic heterocycles. The largest absolute Gasteiger partial charge is 0.437 e. The molecular formula is C9H8O2. The standard InChI is InChI=1S/C9H8O2/c10-8-11-7-6-9-4-2-1-3-5-9/h1-8H/b7-6-. The van der Waals surface area contributed by atoms with E-state index in [2.05, 4.69) is 4.74 Å². The first-order valence-corrected chi connectivity index (χ1v) is 3.24. The number of carbonyl (C=O) groups excluding carboxylic acids is 1. The van der Waals surface area contributed by atoms with Crippen molar-refractivity contribution in [1.29, 1.82) is 0 Å². The average Bonchev–Trinajstić information content (AvgIpc) is 2.07. The number of rotatable bonds is 3. The molecule has 0 unspecified atom stereocenters. The molecule has 2 nitrogen and oxygen atoms in total. The van der Waals surface area contributed by atoms with E-state index < -0.39 is 0 Å². The molecule has 1 rings (SSSR count). The number of hydrogen-bond acceptors (Lipinski definition) is 2. The van der Waals surface area contributed by atoms with Crippen LogP contribution in [0.4, 0.5) is 0 Å². The van der Waals surface area contributed by atoms with Gasteiger partial charge in [-0.3, -0.25) is 4.79 Å². The van der Waals surface area contributed by atoms with Gasteiger partial charge in [0.1, 0.15) is 0 Å². The Morgan fingerprint density at radius 2 is 1.91 bits per heavy atom. The molecule has 0 aliphatic heterocycles. The lowest BCUT2D eigenvalue weighted by Crippen LogP contribution is -1.73. The van der Waals surface area contributed by atoms with Crippen LogP contribution in [-0.4, -0.2) is 6.47 Å². The third-order valence-corrected chi connectivity index (χ3v) is 1.19. The van der Waals surface area contributed by atoms with Crippen LogP contribution >= 0.6 is 0 Å². The zero-order valence-corrected chi connectivity index (χ0v) is 5.94. The third-order valence-electron chi connectivity index (χ3n) is 1.19. The van der Waals surface area contributed by atoms with Crippen LogP contribution in [0.1, 0.15) is 5.56 Å². The van der Waals surface area contributed by atoms with Gasteiger partial charge in [-0.2, -0.15) is 0 Å². The molecule has 0 spiro atoms. The summed E-state index contributed by atoms with van der Waals surface area (Å²) in [6.07, 6.45) is 3.07. The van der Waals surface area contributed by atoms with Crippen molar-refractivity contribution in [2.45, 2.75) is 0 Å². The smallest absolute Gasteiger partial charge is 0.297 e. The van der Waals surface area contributed by atoms with E-state index in [0.717, 1.165) is 5.56 Å². The first kappa shape index (κ1) is 7.54. The van der Waals surface area contributed by atoms with E-state index in [4.69, 9.17) is 0 Å². The highest BCUT2D eigenvalue weighted by molar-refractivity contribution is 5.49. The van der Waals surface area contributed by atoms with Crippen LogP contribution in [0.15, 0.2) is 36.6 Å². The lowest BCUT2D eigenvalue weighted by Gasteiger charge is -1.88. The van der Waals surface area contributed by atoms with Gasteiger partial charge in [-0.25, -0.2) is 0 Å². The van der Waals surface area contributed by atoms with Gasteiger partial charge >= 0.3 is 0 Å². The fraction of sp³-hybridized carbons (Fsp3) is 0. The first-order valence-electron chi connectivity index (χ1n) is 3.24. The van der Waals surface area contributed by atoms with Crippen molar-refractivity contribution >= 4 is 12.5 Å². The maximum absolute atomic E-state index is 9.72. The lowest BCUT2D eigenvalue weighted by atomic mass is 10.2. The molecule has 0 heterocycles. The minimum Gasteiger partial charge on any atom is -0.437 e. The highest BCUT2D eigenvalue weighted by Gasteiger charge is 1.80. The van der Waals surface area contributed by atoms with Crippen molar-refractivity contribution in [3.05, 3.63) is 42.2 Å². The predicted octanol–water partition coefficient (Wildman–Crippen LogP) is 1.83. The Morgan fingerprint density at radius 3 is 2.55 bits per heavy atom. The lowest BCUT2D eigenvalue weighted by molar-refractivity contribution is -0.123. The predicted molar refractivity (Wildman–Crippen MR) is 42.6 cm³/mol. The molecule has 11 heavy (non-hydrogen) atoms. The Balaban J connectivity index is 2.57. The molecule has 1 aromatic carbocycles. The SMILES string of the molecule is O=CO/C=C\c1ccccc1. The molecule has 0 saturated carbocycles. The number of carbonyl (C=O) groups is 1. The molecule has 2 heteroatoms. The molecule has 0 fully saturated rings. The second-order valence-corrected chi connectivity index (χ2v) is 1.95. The van der Waals surface area contributed by atoms with Crippen LogP contribution in [0.25, 0.3) is 6.08 Å². The van der Waals surface area contributed by atoms with Crippen LogP contribution in [0.3, 0.4) is 0 Å². The normalized spacial score (nSPS) is 9.82. The van der Waals surface area contributed by atoms with Crippen molar-refractivity contribution in [3.63, 3.8) is 0 Å². The zero-order chi connectivity index (χ0) is 7.94. The van der Waals surface area contributed by atoms with Crippen LogP contribution in [-0.2, 0) is 9.53 Å². The summed E-state index contributed by atoms with van der Waals surface area (Å²) < 4.78 is 4.38. The van der Waals surface area contributed by atoms with Gasteiger partial charge in [0.05, 0.1) is 6.26 Å². The Hall–Kier alpha value is -1.57. The summed E-state index contributed by atoms with van der Waals surface area (Å²) in [6, 6.07) is 9.61. The van der Waals surface area contributed by atoms with Crippen LogP contribution in [0, 0.1) is 0 Å². The molecule has 0 aliphatic rings. The fourth-order valence-corrected chi connectivity index (χ4v) is 0.714. The molecule has 0 atom stereocenters. The third kappa shape index (κ3) is 2.67. The molecule has 0 N–H and O–H groups in total. The van der Waals surface area contributed by atoms with E-state index in [1.165, 1.54) is 6.26 Å². The summed E-state index contributed by atoms with van der Waals surface area (Å²) in [5.41, 5.74) is 1.01. The topological polar surface area (TPSA) is 26.3 Å². The van der Waals surface area contributed by atoms with Gasteiger partial charge in [0, 0.05) is 0 Å². The minimum absolute atomic E-state index is 0.388. The first-order chi connectivity index (χ1) is 5.43. The molecular weight excluding hydrogens is 140 g/mol. The molecule has 0 aliphatic carbocycles. The van der Waals surface area contributed by atoms with Gasteiger partial charge in [0.25, 0.3) is 6.47 Å². The van der Waals surface area contributed by atoms with E-state index >= 15 is 0 Å². The highest BCUT2D eigenvalue weighted by atomic mass is 16.5. The number of benzene rings is 1. The van der Waals surface area contributed by atoms with E-state index in [9.17, 15) is 4.79 Å². The summed E-state index contributed by atoms with van der Waals surface area (Å²) in [4.78, 5) is 9.72. The number of hydrogen-bond donors (Lipinski definition) is 0. The second kappa shape index (κ2) is 4.28. The monoisotopic (exact) mass is 148 g/mol. The minimum atomic E-state index is 0.388. The van der Waals surface area contributed by atoms with Gasteiger partial charge in [-0.1, -0.05) is 30.3 Å². The van der Waals surface area contributed by atoms with Gasteiger partial charge < -0.3 is 4.74 Å². The second-order valence-electron chi connectivity index (χ2n) is 1.95. The molecule has 0 bridgehead atoms. The van der Waals surface area contributed by atoms with Crippen LogP contribution in [0.2, 0.25) is 0 Å². The number of ether oxygens (including phenoxy) is 1. The summed E-state index contributed by atoms with van der Waals surface area (Å²) in [5.74, 6) is 0. The van der Waals surface area contributed by atoms with Crippen molar-refractivity contribution < 1.29 is 9.53 Å². The maximum atomic E-state index is 9.72. The Bertz CT molecular complexity index is 239. The Labute approximate surface area is 65.1 Å². The van der Waals surface area contributed by atoms with Crippen molar-refractivity contribution in [2.24, 2.45) is 0 Å².